The summed E-state index contributed by atoms with van der Waals surface area (Å²) in [6.45, 7) is -0.109. The first-order chi connectivity index (χ1) is 25.0. The predicted octanol–water partition coefficient (Wildman–Crippen LogP) is 8.79. The van der Waals surface area contributed by atoms with Crippen molar-refractivity contribution in [3.05, 3.63) is 113 Å². The summed E-state index contributed by atoms with van der Waals surface area (Å²) in [6.07, 6.45) is -9.14. The molecule has 1 aliphatic rings. The van der Waals surface area contributed by atoms with Crippen LogP contribution >= 0.6 is 17.0 Å². The first kappa shape index (κ1) is 40.0. The highest BCUT2D eigenvalue weighted by atomic mass is 79.9. The van der Waals surface area contributed by atoms with Crippen molar-refractivity contribution < 1.29 is 54.2 Å². The van der Waals surface area contributed by atoms with E-state index in [-0.39, 0.29) is 46.3 Å². The van der Waals surface area contributed by atoms with Crippen LogP contribution in [0.5, 0.6) is 17.4 Å². The lowest BCUT2D eigenvalue weighted by molar-refractivity contribution is -0.143. The zero-order valence-electron chi connectivity index (χ0n) is 28.0. The molecule has 286 valence electrons. The quantitative estimate of drug-likeness (QED) is 0.150. The van der Waals surface area contributed by atoms with E-state index in [0.29, 0.717) is 61.8 Å². The Hall–Kier alpha value is -5.23. The molecule has 0 atom stereocenters. The highest BCUT2D eigenvalue weighted by Gasteiger charge is 2.39. The molecule has 1 fully saturated rings. The molecule has 0 unspecified atom stereocenters. The summed E-state index contributed by atoms with van der Waals surface area (Å²) in [7, 11) is 1.74. The van der Waals surface area contributed by atoms with E-state index in [9.17, 15) is 44.7 Å². The van der Waals surface area contributed by atoms with Crippen molar-refractivity contribution in [2.24, 2.45) is 7.05 Å². The van der Waals surface area contributed by atoms with Gasteiger partial charge in [0.1, 0.15) is 17.2 Å². The summed E-state index contributed by atoms with van der Waals surface area (Å²) < 4.78 is 116. The number of nitrogens with zero attached hydrogens (tertiary/aromatic N) is 4. The van der Waals surface area contributed by atoms with Crippen LogP contribution in [0.4, 0.5) is 40.8 Å². The number of ether oxygens (including phenoxy) is 2. The molecule has 5 aromatic rings. The first-order valence-electron chi connectivity index (χ1n) is 15.9. The van der Waals surface area contributed by atoms with Gasteiger partial charge in [-0.1, -0.05) is 12.1 Å². The van der Waals surface area contributed by atoms with Crippen molar-refractivity contribution in [3.63, 3.8) is 0 Å². The van der Waals surface area contributed by atoms with Crippen LogP contribution in [0.25, 0.3) is 10.9 Å². The van der Waals surface area contributed by atoms with Gasteiger partial charge in [-0.05, 0) is 60.2 Å². The van der Waals surface area contributed by atoms with Crippen molar-refractivity contribution in [1.29, 1.82) is 0 Å². The number of hydrogen-bond donors (Lipinski definition) is 1. The summed E-state index contributed by atoms with van der Waals surface area (Å²) in [4.78, 5) is 34.1. The summed E-state index contributed by atoms with van der Waals surface area (Å²) in [5, 5.41) is 2.98. The first-order valence-corrected chi connectivity index (χ1v) is 15.9. The molecule has 1 aliphatic heterocycles. The number of fused-ring (bicyclic) bond motifs is 1. The molecular formula is C36H30BrF8N5O4. The second-order valence-corrected chi connectivity index (χ2v) is 12.1. The third-order valence-corrected chi connectivity index (χ3v) is 8.56. The maximum absolute atomic E-state index is 13.5. The van der Waals surface area contributed by atoms with E-state index in [1.807, 2.05) is 0 Å². The lowest BCUT2D eigenvalue weighted by atomic mass is 10.0. The van der Waals surface area contributed by atoms with Gasteiger partial charge in [-0.25, -0.2) is 4.98 Å². The van der Waals surface area contributed by atoms with Crippen molar-refractivity contribution >= 4 is 45.4 Å². The third-order valence-electron chi connectivity index (χ3n) is 8.56. The number of halogens is 9. The van der Waals surface area contributed by atoms with Crippen LogP contribution in [0.2, 0.25) is 0 Å². The number of anilines is 1. The topological polar surface area (TPSA) is 88.9 Å². The summed E-state index contributed by atoms with van der Waals surface area (Å²) in [5.74, 6) is -0.939. The van der Waals surface area contributed by atoms with Crippen LogP contribution in [-0.4, -0.2) is 64.0 Å². The third kappa shape index (κ3) is 9.28. The Bertz CT molecular complexity index is 2120. The molecule has 1 N–H and O–H groups in total. The number of aryl methyl sites for hydroxylation is 1. The van der Waals surface area contributed by atoms with E-state index >= 15 is 0 Å². The normalized spacial score (nSPS) is 13.9. The molecule has 2 amide bonds. The van der Waals surface area contributed by atoms with Gasteiger partial charge in [0.15, 0.2) is 0 Å². The van der Waals surface area contributed by atoms with E-state index in [0.717, 1.165) is 17.1 Å². The van der Waals surface area contributed by atoms with Gasteiger partial charge in [0.2, 0.25) is 5.88 Å². The maximum atomic E-state index is 13.5. The number of piperazine rings is 1. The van der Waals surface area contributed by atoms with E-state index in [4.69, 9.17) is 4.74 Å². The molecular weight excluding hydrogens is 798 g/mol. The minimum atomic E-state index is -5.22. The number of amides is 2. The van der Waals surface area contributed by atoms with Gasteiger partial charge in [0.05, 0.1) is 34.1 Å². The SMILES string of the molecule is Br.Cn1c(C(=O)N2CCN(Cc3ccc(OC(F)F)cc3)CC2)cc2ccc(Oc3ccc(NC(=O)c4ccc(C(F)(F)F)cc4C(F)(F)F)cn3)cc21. The summed E-state index contributed by atoms with van der Waals surface area (Å²) in [5.41, 5.74) is -2.23. The fraction of sp³-hybridized carbons (Fsp3) is 0.250. The van der Waals surface area contributed by atoms with Crippen LogP contribution in [-0.2, 0) is 25.9 Å². The highest BCUT2D eigenvalue weighted by molar-refractivity contribution is 8.93. The Kier molecular flexibility index (Phi) is 11.9. The van der Waals surface area contributed by atoms with E-state index in [1.54, 1.807) is 52.9 Å². The Labute approximate surface area is 312 Å². The van der Waals surface area contributed by atoms with Crippen molar-refractivity contribution in [1.82, 2.24) is 19.4 Å². The van der Waals surface area contributed by atoms with Gasteiger partial charge in [-0.2, -0.15) is 35.1 Å². The Balaban J connectivity index is 0.00000561. The van der Waals surface area contributed by atoms with Crippen molar-refractivity contribution in [2.75, 3.05) is 31.5 Å². The second-order valence-electron chi connectivity index (χ2n) is 12.1. The molecule has 1 saturated heterocycles. The number of carbonyl (C=O) groups excluding carboxylic acids is 2. The molecule has 0 spiro atoms. The summed E-state index contributed by atoms with van der Waals surface area (Å²) in [6, 6.07) is 16.7. The number of alkyl halides is 8. The van der Waals surface area contributed by atoms with Crippen LogP contribution in [0, 0.1) is 0 Å². The Morgan fingerprint density at radius 1 is 0.833 bits per heavy atom. The fourth-order valence-electron chi connectivity index (χ4n) is 5.87. The molecule has 0 bridgehead atoms. The van der Waals surface area contributed by atoms with Gasteiger partial charge in [-0.15, -0.1) is 17.0 Å². The zero-order chi connectivity index (χ0) is 38.1. The minimum Gasteiger partial charge on any atom is -0.439 e. The zero-order valence-corrected chi connectivity index (χ0v) is 29.8. The number of aromatic nitrogens is 2. The van der Waals surface area contributed by atoms with E-state index in [2.05, 4.69) is 19.9 Å². The number of nitrogens with one attached hydrogen (secondary N) is 1. The molecule has 0 saturated carbocycles. The molecule has 3 heterocycles. The molecule has 18 heteroatoms. The largest absolute Gasteiger partial charge is 0.439 e. The molecule has 0 radical (unpaired) electrons. The number of benzene rings is 3. The smallest absolute Gasteiger partial charge is 0.417 e. The fourth-order valence-corrected chi connectivity index (χ4v) is 5.87. The molecule has 9 nitrogen and oxygen atoms in total. The molecule has 6 rings (SSSR count). The second kappa shape index (κ2) is 16.0. The number of carbonyl (C=O) groups is 2. The summed E-state index contributed by atoms with van der Waals surface area (Å²) >= 11 is 0. The lowest BCUT2D eigenvalue weighted by Gasteiger charge is -2.34. The van der Waals surface area contributed by atoms with Crippen LogP contribution in [0.1, 0.15) is 37.5 Å². The van der Waals surface area contributed by atoms with E-state index in [1.165, 1.54) is 24.3 Å². The maximum Gasteiger partial charge on any atom is 0.417 e. The van der Waals surface area contributed by atoms with Crippen LogP contribution in [0.3, 0.4) is 0 Å². The van der Waals surface area contributed by atoms with Crippen LogP contribution in [0.15, 0.2) is 85.1 Å². The average molecular weight is 829 g/mol. The van der Waals surface area contributed by atoms with Crippen molar-refractivity contribution in [2.45, 2.75) is 25.5 Å². The molecule has 3 aromatic carbocycles. The van der Waals surface area contributed by atoms with Crippen LogP contribution < -0.4 is 14.8 Å². The number of hydrogen-bond acceptors (Lipinski definition) is 6. The van der Waals surface area contributed by atoms with Gasteiger partial charge < -0.3 is 24.3 Å². The predicted molar refractivity (Wildman–Crippen MR) is 186 cm³/mol. The standard InChI is InChI=1S/C36H29F8N5O4.BrH/c1-47-29-18-26(52-31-11-6-24(19-45-31)46-32(50)27-10-5-23(35(39,40)41)17-28(27)36(42,43)44)9-4-22(29)16-30(47)33(51)49-14-12-48(13-15-49)20-21-2-7-25(8-3-21)53-34(37)38;/h2-11,16-19,34H,12-15,20H2,1H3,(H,46,50);1H. The van der Waals surface area contributed by atoms with Crippen molar-refractivity contribution in [3.8, 4) is 17.4 Å². The molecule has 0 aliphatic carbocycles. The molecule has 54 heavy (non-hydrogen) atoms. The average Bonchev–Trinajstić information content (AvgIpc) is 3.44. The number of pyridine rings is 1. The Morgan fingerprint density at radius 2 is 1.52 bits per heavy atom. The monoisotopic (exact) mass is 827 g/mol. The highest BCUT2D eigenvalue weighted by Crippen LogP contribution is 2.38. The molecule has 2 aromatic heterocycles. The van der Waals surface area contributed by atoms with Gasteiger partial charge in [-0.3, -0.25) is 14.5 Å². The van der Waals surface area contributed by atoms with E-state index < -0.39 is 41.6 Å². The van der Waals surface area contributed by atoms with Gasteiger partial charge in [0.25, 0.3) is 11.8 Å². The lowest BCUT2D eigenvalue weighted by Crippen LogP contribution is -2.48. The van der Waals surface area contributed by atoms with Gasteiger partial charge in [0, 0.05) is 57.3 Å². The number of rotatable bonds is 9. The Morgan fingerprint density at radius 3 is 2.13 bits per heavy atom. The minimum absolute atomic E-state index is 0. The van der Waals surface area contributed by atoms with Gasteiger partial charge >= 0.3 is 19.0 Å².